The zero-order valence-electron chi connectivity index (χ0n) is 10.2. The predicted molar refractivity (Wildman–Crippen MR) is 65.4 cm³/mol. The molecule has 98 valence electrons. The SMILES string of the molecule is Cc1[nH]ncc1S(=O)(=O)NCCc1cnn(C)c1. The van der Waals surface area contributed by atoms with Crippen LogP contribution in [0.1, 0.15) is 11.3 Å². The van der Waals surface area contributed by atoms with Gasteiger partial charge in [-0.2, -0.15) is 10.2 Å². The fourth-order valence-corrected chi connectivity index (χ4v) is 2.79. The second-order valence-corrected chi connectivity index (χ2v) is 5.76. The van der Waals surface area contributed by atoms with Gasteiger partial charge in [-0.3, -0.25) is 9.78 Å². The van der Waals surface area contributed by atoms with Gasteiger partial charge in [-0.1, -0.05) is 0 Å². The Balaban J connectivity index is 1.96. The fourth-order valence-electron chi connectivity index (χ4n) is 1.62. The second kappa shape index (κ2) is 4.91. The van der Waals surface area contributed by atoms with Crippen LogP contribution in [0.2, 0.25) is 0 Å². The molecule has 0 fully saturated rings. The van der Waals surface area contributed by atoms with Gasteiger partial charge in [0.15, 0.2) is 0 Å². The Morgan fingerprint density at radius 1 is 1.44 bits per heavy atom. The first-order chi connectivity index (χ1) is 8.49. The topological polar surface area (TPSA) is 92.7 Å². The van der Waals surface area contributed by atoms with Gasteiger partial charge in [-0.15, -0.1) is 0 Å². The van der Waals surface area contributed by atoms with Gasteiger partial charge < -0.3 is 0 Å². The molecule has 0 aliphatic rings. The minimum Gasteiger partial charge on any atom is -0.281 e. The van der Waals surface area contributed by atoms with E-state index in [-0.39, 0.29) is 4.90 Å². The van der Waals surface area contributed by atoms with E-state index in [0.717, 1.165) is 5.56 Å². The summed E-state index contributed by atoms with van der Waals surface area (Å²) < 4.78 is 28.1. The average molecular weight is 269 g/mol. The van der Waals surface area contributed by atoms with Crippen molar-refractivity contribution in [1.29, 1.82) is 0 Å². The van der Waals surface area contributed by atoms with E-state index in [1.807, 2.05) is 13.2 Å². The molecule has 7 nitrogen and oxygen atoms in total. The van der Waals surface area contributed by atoms with Crippen molar-refractivity contribution in [3.63, 3.8) is 0 Å². The van der Waals surface area contributed by atoms with E-state index in [1.165, 1.54) is 6.20 Å². The van der Waals surface area contributed by atoms with Gasteiger partial charge in [0.05, 0.1) is 18.1 Å². The Morgan fingerprint density at radius 2 is 2.22 bits per heavy atom. The largest absolute Gasteiger partial charge is 0.281 e. The van der Waals surface area contributed by atoms with E-state index in [9.17, 15) is 8.42 Å². The molecule has 0 saturated heterocycles. The summed E-state index contributed by atoms with van der Waals surface area (Å²) in [5.74, 6) is 0. The number of aryl methyl sites for hydroxylation is 2. The molecule has 18 heavy (non-hydrogen) atoms. The van der Waals surface area contributed by atoms with E-state index in [1.54, 1.807) is 17.8 Å². The Bertz CT molecular complexity index is 628. The van der Waals surface area contributed by atoms with E-state index in [4.69, 9.17) is 0 Å². The average Bonchev–Trinajstić information content (AvgIpc) is 2.87. The maximum absolute atomic E-state index is 11.9. The van der Waals surface area contributed by atoms with Crippen LogP contribution in [0.3, 0.4) is 0 Å². The molecule has 0 radical (unpaired) electrons. The molecule has 0 saturated carbocycles. The summed E-state index contributed by atoms with van der Waals surface area (Å²) in [6, 6.07) is 0. The third-order valence-electron chi connectivity index (χ3n) is 2.54. The van der Waals surface area contributed by atoms with Crippen LogP contribution in [0.15, 0.2) is 23.5 Å². The number of aromatic nitrogens is 4. The zero-order valence-corrected chi connectivity index (χ0v) is 11.0. The van der Waals surface area contributed by atoms with Gasteiger partial charge in [0.25, 0.3) is 0 Å². The molecule has 0 atom stereocenters. The van der Waals surface area contributed by atoms with Gasteiger partial charge in [-0.25, -0.2) is 13.1 Å². The number of aromatic amines is 1. The van der Waals surface area contributed by atoms with Crippen molar-refractivity contribution in [2.24, 2.45) is 7.05 Å². The number of hydrogen-bond donors (Lipinski definition) is 2. The number of hydrogen-bond acceptors (Lipinski definition) is 4. The van der Waals surface area contributed by atoms with Crippen molar-refractivity contribution in [2.75, 3.05) is 6.54 Å². The first-order valence-electron chi connectivity index (χ1n) is 5.46. The Labute approximate surface area is 105 Å². The van der Waals surface area contributed by atoms with E-state index in [2.05, 4.69) is 20.0 Å². The summed E-state index contributed by atoms with van der Waals surface area (Å²) in [7, 11) is -1.66. The molecule has 0 aliphatic heterocycles. The van der Waals surface area contributed by atoms with Gasteiger partial charge in [0.1, 0.15) is 4.90 Å². The van der Waals surface area contributed by atoms with Crippen molar-refractivity contribution < 1.29 is 8.42 Å². The molecule has 2 N–H and O–H groups in total. The maximum Gasteiger partial charge on any atom is 0.243 e. The molecule has 8 heteroatoms. The predicted octanol–water partition coefficient (Wildman–Crippen LogP) is -0.0274. The van der Waals surface area contributed by atoms with Crippen LogP contribution in [0.4, 0.5) is 0 Å². The zero-order chi connectivity index (χ0) is 13.2. The molecule has 0 aliphatic carbocycles. The van der Waals surface area contributed by atoms with Crippen LogP contribution in [0.5, 0.6) is 0 Å². The number of sulfonamides is 1. The molecule has 2 aromatic rings. The van der Waals surface area contributed by atoms with Crippen molar-refractivity contribution in [3.05, 3.63) is 29.8 Å². The lowest BCUT2D eigenvalue weighted by Crippen LogP contribution is -2.26. The highest BCUT2D eigenvalue weighted by molar-refractivity contribution is 7.89. The van der Waals surface area contributed by atoms with Gasteiger partial charge >= 0.3 is 0 Å². The summed E-state index contributed by atoms with van der Waals surface area (Å²) in [5, 5.41) is 10.3. The minimum atomic E-state index is -3.48. The monoisotopic (exact) mass is 269 g/mol. The first kappa shape index (κ1) is 12.8. The molecular formula is C10H15N5O2S. The van der Waals surface area contributed by atoms with Crippen LogP contribution < -0.4 is 4.72 Å². The molecule has 2 aromatic heterocycles. The van der Waals surface area contributed by atoms with Gasteiger partial charge in [0.2, 0.25) is 10.0 Å². The normalized spacial score (nSPS) is 11.9. The minimum absolute atomic E-state index is 0.189. The number of rotatable bonds is 5. The van der Waals surface area contributed by atoms with Crippen molar-refractivity contribution in [2.45, 2.75) is 18.2 Å². The van der Waals surface area contributed by atoms with Crippen LogP contribution in [-0.2, 0) is 23.5 Å². The van der Waals surface area contributed by atoms with E-state index >= 15 is 0 Å². The molecular weight excluding hydrogens is 254 g/mol. The van der Waals surface area contributed by atoms with E-state index in [0.29, 0.717) is 18.7 Å². The highest BCUT2D eigenvalue weighted by atomic mass is 32.2. The van der Waals surface area contributed by atoms with Crippen LogP contribution in [-0.4, -0.2) is 34.9 Å². The Kier molecular flexibility index (Phi) is 3.48. The Hall–Kier alpha value is -1.67. The first-order valence-corrected chi connectivity index (χ1v) is 6.94. The summed E-state index contributed by atoms with van der Waals surface area (Å²) in [4.78, 5) is 0.189. The summed E-state index contributed by atoms with van der Waals surface area (Å²) in [5.41, 5.74) is 1.52. The van der Waals surface area contributed by atoms with Crippen LogP contribution in [0, 0.1) is 6.92 Å². The summed E-state index contributed by atoms with van der Waals surface area (Å²) >= 11 is 0. The van der Waals surface area contributed by atoms with E-state index < -0.39 is 10.0 Å². The smallest absolute Gasteiger partial charge is 0.243 e. The van der Waals surface area contributed by atoms with Gasteiger partial charge in [0, 0.05) is 19.8 Å². The quantitative estimate of drug-likeness (QED) is 0.797. The molecule has 0 spiro atoms. The summed E-state index contributed by atoms with van der Waals surface area (Å²) in [6.07, 6.45) is 5.49. The second-order valence-electron chi connectivity index (χ2n) is 4.03. The number of nitrogens with one attached hydrogen (secondary N) is 2. The molecule has 0 unspecified atom stereocenters. The van der Waals surface area contributed by atoms with Crippen LogP contribution >= 0.6 is 0 Å². The third kappa shape index (κ3) is 2.77. The highest BCUT2D eigenvalue weighted by Crippen LogP contribution is 2.10. The molecule has 0 bridgehead atoms. The maximum atomic E-state index is 11.9. The highest BCUT2D eigenvalue weighted by Gasteiger charge is 2.17. The number of nitrogens with zero attached hydrogens (tertiary/aromatic N) is 3. The Morgan fingerprint density at radius 3 is 2.78 bits per heavy atom. The fraction of sp³-hybridized carbons (Fsp3) is 0.400. The van der Waals surface area contributed by atoms with Crippen molar-refractivity contribution in [1.82, 2.24) is 24.7 Å². The standard InChI is InChI=1S/C10H15N5O2S/c1-8-10(6-11-14-8)18(16,17)13-4-3-9-5-12-15(2)7-9/h5-7,13H,3-4H2,1-2H3,(H,11,14). The lowest BCUT2D eigenvalue weighted by atomic mass is 10.3. The molecule has 2 rings (SSSR count). The third-order valence-corrected chi connectivity index (χ3v) is 4.11. The molecule has 2 heterocycles. The van der Waals surface area contributed by atoms with Crippen molar-refractivity contribution in [3.8, 4) is 0 Å². The lowest BCUT2D eigenvalue weighted by molar-refractivity contribution is 0.581. The summed E-state index contributed by atoms with van der Waals surface area (Å²) in [6.45, 7) is 2.00. The molecule has 0 aromatic carbocycles. The lowest BCUT2D eigenvalue weighted by Gasteiger charge is -2.04. The number of H-pyrrole nitrogens is 1. The van der Waals surface area contributed by atoms with Crippen LogP contribution in [0.25, 0.3) is 0 Å². The van der Waals surface area contributed by atoms with Crippen molar-refractivity contribution >= 4 is 10.0 Å². The van der Waals surface area contributed by atoms with Gasteiger partial charge in [-0.05, 0) is 18.9 Å². The molecule has 0 amide bonds.